The van der Waals surface area contributed by atoms with Crippen LogP contribution in [0.5, 0.6) is 0 Å². The van der Waals surface area contributed by atoms with E-state index in [9.17, 15) is 8.78 Å². The van der Waals surface area contributed by atoms with Crippen molar-refractivity contribution in [1.29, 1.82) is 0 Å². The number of halogens is 2. The van der Waals surface area contributed by atoms with Crippen LogP contribution in [0, 0.1) is 0 Å². The summed E-state index contributed by atoms with van der Waals surface area (Å²) in [6, 6.07) is 0. The highest BCUT2D eigenvalue weighted by atomic mass is 32.1. The maximum absolute atomic E-state index is 11.6. The van der Waals surface area contributed by atoms with E-state index in [4.69, 9.17) is 17.0 Å². The van der Waals surface area contributed by atoms with Crippen LogP contribution in [-0.2, 0) is 9.47 Å². The molecule has 7 heteroatoms. The lowest BCUT2D eigenvalue weighted by molar-refractivity contribution is 0.0197. The van der Waals surface area contributed by atoms with Crippen LogP contribution in [0.3, 0.4) is 0 Å². The molecule has 0 aliphatic heterocycles. The molecule has 2 N–H and O–H groups in total. The molecule has 0 aliphatic carbocycles. The lowest BCUT2D eigenvalue weighted by Gasteiger charge is -2.10. The average molecular weight is 242 g/mol. The summed E-state index contributed by atoms with van der Waals surface area (Å²) < 4.78 is 32.7. The molecule has 0 amide bonds. The highest BCUT2D eigenvalue weighted by Gasteiger charge is 2.01. The van der Waals surface area contributed by atoms with E-state index < -0.39 is 13.0 Å². The quantitative estimate of drug-likeness (QED) is 0.476. The largest absolute Gasteiger partial charge is 0.383 e. The molecule has 0 aromatic rings. The van der Waals surface area contributed by atoms with Crippen LogP contribution >= 0.6 is 12.2 Å². The molecule has 0 aliphatic rings. The molecule has 0 unspecified atom stereocenters. The molecule has 0 bridgehead atoms. The Balaban J connectivity index is 3.17. The summed E-state index contributed by atoms with van der Waals surface area (Å²) in [6.45, 7) is 1.25. The normalized spacial score (nSPS) is 10.4. The van der Waals surface area contributed by atoms with Crippen molar-refractivity contribution in [3.8, 4) is 0 Å². The fraction of sp³-hybridized carbons (Fsp3) is 0.875. The van der Waals surface area contributed by atoms with Crippen molar-refractivity contribution in [2.24, 2.45) is 0 Å². The second-order valence-electron chi connectivity index (χ2n) is 2.64. The Kier molecular flexibility index (Phi) is 9.65. The van der Waals surface area contributed by atoms with E-state index in [1.54, 1.807) is 7.11 Å². The van der Waals surface area contributed by atoms with Crippen molar-refractivity contribution in [2.75, 3.05) is 40.0 Å². The first-order valence-electron chi connectivity index (χ1n) is 4.53. The zero-order chi connectivity index (χ0) is 11.5. The van der Waals surface area contributed by atoms with Crippen LogP contribution in [0.2, 0.25) is 0 Å². The minimum Gasteiger partial charge on any atom is -0.383 e. The lowest BCUT2D eigenvalue weighted by Crippen LogP contribution is -2.38. The molecule has 0 aromatic heterocycles. The summed E-state index contributed by atoms with van der Waals surface area (Å²) in [6.07, 6.45) is -2.42. The van der Waals surface area contributed by atoms with Crippen LogP contribution in [0.1, 0.15) is 0 Å². The van der Waals surface area contributed by atoms with E-state index in [2.05, 4.69) is 15.4 Å². The van der Waals surface area contributed by atoms with Crippen LogP contribution in [0.25, 0.3) is 0 Å². The van der Waals surface area contributed by atoms with Crippen molar-refractivity contribution in [3.63, 3.8) is 0 Å². The zero-order valence-electron chi connectivity index (χ0n) is 8.59. The molecule has 0 radical (unpaired) electrons. The van der Waals surface area contributed by atoms with Gasteiger partial charge in [-0.15, -0.1) is 0 Å². The molecule has 90 valence electrons. The lowest BCUT2D eigenvalue weighted by atomic mass is 10.6. The van der Waals surface area contributed by atoms with E-state index in [1.807, 2.05) is 0 Å². The van der Waals surface area contributed by atoms with E-state index in [0.717, 1.165) is 0 Å². The summed E-state index contributed by atoms with van der Waals surface area (Å²) in [7, 11) is 1.59. The van der Waals surface area contributed by atoms with Gasteiger partial charge >= 0.3 is 0 Å². The van der Waals surface area contributed by atoms with Gasteiger partial charge in [0.2, 0.25) is 0 Å². The first kappa shape index (κ1) is 14.5. The molecular formula is C8H16F2N2O2S. The van der Waals surface area contributed by atoms with Crippen molar-refractivity contribution in [1.82, 2.24) is 10.6 Å². The summed E-state index contributed by atoms with van der Waals surface area (Å²) in [5.41, 5.74) is 0. The monoisotopic (exact) mass is 242 g/mol. The van der Waals surface area contributed by atoms with Crippen LogP contribution in [-0.4, -0.2) is 51.6 Å². The molecule has 0 heterocycles. The number of nitrogens with one attached hydrogen (secondary N) is 2. The second kappa shape index (κ2) is 10.0. The van der Waals surface area contributed by atoms with E-state index in [0.29, 0.717) is 24.8 Å². The third-order valence-electron chi connectivity index (χ3n) is 1.37. The molecule has 0 saturated heterocycles. The number of hydrogen-bond donors (Lipinski definition) is 2. The number of alkyl halides is 2. The van der Waals surface area contributed by atoms with Crippen molar-refractivity contribution in [3.05, 3.63) is 0 Å². The van der Waals surface area contributed by atoms with Crippen LogP contribution in [0.4, 0.5) is 8.78 Å². The Morgan fingerprint density at radius 3 is 2.40 bits per heavy atom. The fourth-order valence-electron chi connectivity index (χ4n) is 0.738. The maximum Gasteiger partial charge on any atom is 0.261 e. The number of thiocarbonyl (C=S) groups is 1. The molecule has 0 atom stereocenters. The van der Waals surface area contributed by atoms with Gasteiger partial charge in [-0.1, -0.05) is 0 Å². The summed E-state index contributed by atoms with van der Waals surface area (Å²) in [5.74, 6) is 0. The Hall–Kier alpha value is -0.530. The van der Waals surface area contributed by atoms with E-state index in [-0.39, 0.29) is 6.61 Å². The highest BCUT2D eigenvalue weighted by molar-refractivity contribution is 7.80. The van der Waals surface area contributed by atoms with Crippen molar-refractivity contribution >= 4 is 17.3 Å². The minimum atomic E-state index is -2.42. The van der Waals surface area contributed by atoms with Crippen molar-refractivity contribution < 1.29 is 18.3 Å². The number of ether oxygens (including phenoxy) is 2. The molecule has 0 rings (SSSR count). The van der Waals surface area contributed by atoms with Gasteiger partial charge in [0.05, 0.1) is 13.2 Å². The molecule has 0 fully saturated rings. The van der Waals surface area contributed by atoms with Crippen LogP contribution in [0.15, 0.2) is 0 Å². The van der Waals surface area contributed by atoms with Gasteiger partial charge in [-0.05, 0) is 12.2 Å². The summed E-state index contributed by atoms with van der Waals surface area (Å²) in [5, 5.41) is 6.15. The van der Waals surface area contributed by atoms with Crippen molar-refractivity contribution in [2.45, 2.75) is 6.43 Å². The van der Waals surface area contributed by atoms with Gasteiger partial charge in [-0.25, -0.2) is 8.78 Å². The maximum atomic E-state index is 11.6. The first-order chi connectivity index (χ1) is 7.16. The predicted molar refractivity (Wildman–Crippen MR) is 57.3 cm³/mol. The zero-order valence-corrected chi connectivity index (χ0v) is 9.41. The Bertz CT molecular complexity index is 173. The van der Waals surface area contributed by atoms with Gasteiger partial charge < -0.3 is 20.1 Å². The minimum absolute atomic E-state index is 0.205. The van der Waals surface area contributed by atoms with Gasteiger partial charge in [-0.2, -0.15) is 0 Å². The van der Waals surface area contributed by atoms with Gasteiger partial charge in [0, 0.05) is 20.2 Å². The first-order valence-corrected chi connectivity index (χ1v) is 4.94. The predicted octanol–water partition coefficient (Wildman–Crippen LogP) is 0.379. The Morgan fingerprint density at radius 2 is 1.87 bits per heavy atom. The Morgan fingerprint density at radius 1 is 1.27 bits per heavy atom. The third-order valence-corrected chi connectivity index (χ3v) is 1.66. The number of rotatable bonds is 8. The molecule has 0 aromatic carbocycles. The molecule has 15 heavy (non-hydrogen) atoms. The van der Waals surface area contributed by atoms with Gasteiger partial charge in [0.1, 0.15) is 6.61 Å². The molecule has 0 saturated carbocycles. The topological polar surface area (TPSA) is 42.5 Å². The standard InChI is InChI=1S/C8H16F2N2O2S/c1-13-4-2-11-8(15)12-3-5-14-6-7(9)10/h7H,2-6H2,1H3,(H2,11,12,15). The average Bonchev–Trinajstić information content (AvgIpc) is 2.17. The van der Waals surface area contributed by atoms with E-state index in [1.165, 1.54) is 0 Å². The number of methoxy groups -OCH3 is 1. The second-order valence-corrected chi connectivity index (χ2v) is 3.05. The SMILES string of the molecule is COCCNC(=S)NCCOCC(F)F. The summed E-state index contributed by atoms with van der Waals surface area (Å²) in [4.78, 5) is 0. The number of hydrogen-bond acceptors (Lipinski definition) is 3. The van der Waals surface area contributed by atoms with E-state index >= 15 is 0 Å². The van der Waals surface area contributed by atoms with Gasteiger partial charge in [0.25, 0.3) is 6.43 Å². The van der Waals surface area contributed by atoms with Crippen LogP contribution < -0.4 is 10.6 Å². The summed E-state index contributed by atoms with van der Waals surface area (Å²) >= 11 is 4.89. The molecular weight excluding hydrogens is 226 g/mol. The molecule has 4 nitrogen and oxygen atoms in total. The van der Waals surface area contributed by atoms with Gasteiger partial charge in [0.15, 0.2) is 5.11 Å². The fourth-order valence-corrected chi connectivity index (χ4v) is 0.942. The van der Waals surface area contributed by atoms with Gasteiger partial charge in [-0.3, -0.25) is 0 Å². The Labute approximate surface area is 93.3 Å². The molecule has 0 spiro atoms. The smallest absolute Gasteiger partial charge is 0.261 e. The third kappa shape index (κ3) is 11.4. The highest BCUT2D eigenvalue weighted by Crippen LogP contribution is 1.91.